The zero-order valence-corrected chi connectivity index (χ0v) is 13.5. The highest BCUT2D eigenvalue weighted by atomic mass is 79.9. The molecule has 1 aliphatic rings. The number of nitrogens with one attached hydrogen (secondary N) is 1. The summed E-state index contributed by atoms with van der Waals surface area (Å²) in [5, 5.41) is 12.7. The van der Waals surface area contributed by atoms with Crippen molar-refractivity contribution in [2.24, 2.45) is 0 Å². The van der Waals surface area contributed by atoms with Crippen molar-refractivity contribution in [1.82, 2.24) is 10.2 Å². The second kappa shape index (κ2) is 6.13. The number of halogens is 2. The second-order valence-electron chi connectivity index (χ2n) is 5.08. The van der Waals surface area contributed by atoms with E-state index in [1.807, 2.05) is 7.05 Å². The summed E-state index contributed by atoms with van der Waals surface area (Å²) in [5.41, 5.74) is -0.310. The highest BCUT2D eigenvalue weighted by Crippen LogP contribution is 2.25. The van der Waals surface area contributed by atoms with E-state index in [-0.39, 0.29) is 5.91 Å². The van der Waals surface area contributed by atoms with Crippen molar-refractivity contribution in [1.29, 1.82) is 5.26 Å². The quantitative estimate of drug-likeness (QED) is 0.886. The van der Waals surface area contributed by atoms with Crippen LogP contribution in [0.1, 0.15) is 23.2 Å². The monoisotopic (exact) mass is 355 g/mol. The van der Waals surface area contributed by atoms with Crippen LogP contribution in [0.15, 0.2) is 22.7 Å². The molecule has 1 aromatic rings. The Morgan fingerprint density at radius 3 is 2.70 bits per heavy atom. The van der Waals surface area contributed by atoms with Crippen molar-refractivity contribution < 1.29 is 4.79 Å². The van der Waals surface area contributed by atoms with Gasteiger partial charge in [-0.3, -0.25) is 4.79 Å². The fourth-order valence-electron chi connectivity index (χ4n) is 2.19. The van der Waals surface area contributed by atoms with Crippen molar-refractivity contribution in [3.8, 4) is 6.07 Å². The molecule has 1 aliphatic heterocycles. The molecule has 106 valence electrons. The summed E-state index contributed by atoms with van der Waals surface area (Å²) in [6, 6.07) is 7.27. The van der Waals surface area contributed by atoms with Gasteiger partial charge in [0, 0.05) is 23.1 Å². The highest BCUT2D eigenvalue weighted by Gasteiger charge is 2.35. The molecule has 20 heavy (non-hydrogen) atoms. The lowest BCUT2D eigenvalue weighted by atomic mass is 9.89. The Labute approximate surface area is 131 Å². The third kappa shape index (κ3) is 3.32. The molecule has 0 aliphatic carbocycles. The number of hydrogen-bond acceptors (Lipinski definition) is 3. The van der Waals surface area contributed by atoms with Crippen LogP contribution in [-0.4, -0.2) is 36.5 Å². The van der Waals surface area contributed by atoms with Crippen LogP contribution >= 0.6 is 27.5 Å². The number of nitrogens with zero attached hydrogens (tertiary/aromatic N) is 2. The first kappa shape index (κ1) is 15.3. The van der Waals surface area contributed by atoms with Crippen molar-refractivity contribution in [2.75, 3.05) is 20.1 Å². The lowest BCUT2D eigenvalue weighted by Gasteiger charge is -2.36. The minimum atomic E-state index is -0.775. The largest absolute Gasteiger partial charge is 0.334 e. The van der Waals surface area contributed by atoms with Crippen LogP contribution in [0.3, 0.4) is 0 Å². The number of piperidine rings is 1. The first-order valence-electron chi connectivity index (χ1n) is 6.33. The average Bonchev–Trinajstić information content (AvgIpc) is 2.44. The maximum Gasteiger partial charge on any atom is 0.252 e. The van der Waals surface area contributed by atoms with Crippen molar-refractivity contribution in [3.05, 3.63) is 33.3 Å². The number of nitriles is 1. The van der Waals surface area contributed by atoms with E-state index in [4.69, 9.17) is 11.6 Å². The van der Waals surface area contributed by atoms with E-state index in [0.29, 0.717) is 23.4 Å². The fraction of sp³-hybridized carbons (Fsp3) is 0.429. The first-order chi connectivity index (χ1) is 9.46. The standard InChI is InChI=1S/C14H15BrClN3O/c1-19-6-4-14(9-17,5-7-19)18-13(20)10-2-3-11(15)12(16)8-10/h2-3,8H,4-7H2,1H3,(H,18,20). The number of rotatable bonds is 2. The fourth-order valence-corrected chi connectivity index (χ4v) is 2.62. The SMILES string of the molecule is CN1CCC(C#N)(NC(=O)c2ccc(Br)c(Cl)c2)CC1. The predicted octanol–water partition coefficient (Wildman–Crippen LogP) is 2.82. The molecule has 1 fully saturated rings. The Kier molecular flexibility index (Phi) is 4.69. The predicted molar refractivity (Wildman–Crippen MR) is 81.7 cm³/mol. The van der Waals surface area contributed by atoms with Gasteiger partial charge in [0.25, 0.3) is 5.91 Å². The molecule has 0 bridgehead atoms. The zero-order valence-electron chi connectivity index (χ0n) is 11.1. The molecular weight excluding hydrogens is 342 g/mol. The van der Waals surface area contributed by atoms with E-state index < -0.39 is 5.54 Å². The summed E-state index contributed by atoms with van der Waals surface area (Å²) >= 11 is 9.28. The lowest BCUT2D eigenvalue weighted by molar-refractivity contribution is 0.0882. The minimum absolute atomic E-state index is 0.259. The number of likely N-dealkylation sites (tertiary alicyclic amines) is 1. The normalized spacial score (nSPS) is 18.3. The number of benzene rings is 1. The van der Waals surface area contributed by atoms with Gasteiger partial charge in [-0.25, -0.2) is 0 Å². The van der Waals surface area contributed by atoms with Gasteiger partial charge < -0.3 is 10.2 Å². The zero-order chi connectivity index (χ0) is 14.8. The Hall–Kier alpha value is -1.09. The molecule has 0 aromatic heterocycles. The summed E-state index contributed by atoms with van der Waals surface area (Å²) in [7, 11) is 2.01. The van der Waals surface area contributed by atoms with Gasteiger partial charge in [0.15, 0.2) is 0 Å². The third-order valence-corrected chi connectivity index (χ3v) is 4.82. The molecule has 1 heterocycles. The van der Waals surface area contributed by atoms with Crippen molar-refractivity contribution in [2.45, 2.75) is 18.4 Å². The molecule has 2 rings (SSSR count). The van der Waals surface area contributed by atoms with Gasteiger partial charge in [0.1, 0.15) is 5.54 Å². The maximum absolute atomic E-state index is 12.3. The minimum Gasteiger partial charge on any atom is -0.334 e. The second-order valence-corrected chi connectivity index (χ2v) is 6.34. The van der Waals surface area contributed by atoms with Gasteiger partial charge in [-0.15, -0.1) is 0 Å². The Balaban J connectivity index is 2.13. The number of amides is 1. The van der Waals surface area contributed by atoms with Crippen LogP contribution in [0, 0.1) is 11.3 Å². The number of hydrogen-bond donors (Lipinski definition) is 1. The van der Waals surface area contributed by atoms with E-state index in [9.17, 15) is 10.1 Å². The number of carbonyl (C=O) groups is 1. The van der Waals surface area contributed by atoms with E-state index in [2.05, 4.69) is 32.2 Å². The maximum atomic E-state index is 12.3. The molecule has 0 atom stereocenters. The van der Waals surface area contributed by atoms with Gasteiger partial charge in [-0.05, 0) is 54.0 Å². The van der Waals surface area contributed by atoms with Gasteiger partial charge in [0.05, 0.1) is 11.1 Å². The van der Waals surface area contributed by atoms with Crippen LogP contribution in [0.2, 0.25) is 5.02 Å². The smallest absolute Gasteiger partial charge is 0.252 e. The molecule has 1 aromatic carbocycles. The van der Waals surface area contributed by atoms with Gasteiger partial charge in [0.2, 0.25) is 0 Å². The van der Waals surface area contributed by atoms with E-state index in [1.54, 1.807) is 18.2 Å². The molecule has 4 nitrogen and oxygen atoms in total. The molecule has 1 amide bonds. The van der Waals surface area contributed by atoms with Crippen LogP contribution in [0.25, 0.3) is 0 Å². The Bertz CT molecular complexity index is 562. The van der Waals surface area contributed by atoms with E-state index >= 15 is 0 Å². The van der Waals surface area contributed by atoms with Gasteiger partial charge in [-0.2, -0.15) is 5.26 Å². The number of carbonyl (C=O) groups excluding carboxylic acids is 1. The molecule has 0 saturated carbocycles. The molecular formula is C14H15BrClN3O. The molecule has 6 heteroatoms. The average molecular weight is 357 g/mol. The molecule has 1 N–H and O–H groups in total. The van der Waals surface area contributed by atoms with Gasteiger partial charge >= 0.3 is 0 Å². The van der Waals surface area contributed by atoms with Crippen LogP contribution in [0.4, 0.5) is 0 Å². The van der Waals surface area contributed by atoms with Crippen LogP contribution in [0.5, 0.6) is 0 Å². The molecule has 1 saturated heterocycles. The molecule has 0 spiro atoms. The Morgan fingerprint density at radius 1 is 1.50 bits per heavy atom. The molecule has 0 unspecified atom stereocenters. The lowest BCUT2D eigenvalue weighted by Crippen LogP contribution is -2.53. The van der Waals surface area contributed by atoms with Crippen molar-refractivity contribution in [3.63, 3.8) is 0 Å². The summed E-state index contributed by atoms with van der Waals surface area (Å²) < 4.78 is 0.741. The highest BCUT2D eigenvalue weighted by molar-refractivity contribution is 9.10. The summed E-state index contributed by atoms with van der Waals surface area (Å²) in [6.07, 6.45) is 1.27. The third-order valence-electron chi connectivity index (χ3n) is 3.59. The summed E-state index contributed by atoms with van der Waals surface area (Å²) in [4.78, 5) is 14.4. The Morgan fingerprint density at radius 2 is 2.15 bits per heavy atom. The van der Waals surface area contributed by atoms with Crippen LogP contribution < -0.4 is 5.32 Å². The van der Waals surface area contributed by atoms with E-state index in [1.165, 1.54) is 0 Å². The first-order valence-corrected chi connectivity index (χ1v) is 7.50. The summed E-state index contributed by atoms with van der Waals surface area (Å²) in [6.45, 7) is 1.60. The van der Waals surface area contributed by atoms with Gasteiger partial charge in [-0.1, -0.05) is 11.6 Å². The molecule has 0 radical (unpaired) electrons. The topological polar surface area (TPSA) is 56.1 Å². The summed E-state index contributed by atoms with van der Waals surface area (Å²) in [5.74, 6) is -0.259. The van der Waals surface area contributed by atoms with Crippen molar-refractivity contribution >= 4 is 33.4 Å². The van der Waals surface area contributed by atoms with Crippen LogP contribution in [-0.2, 0) is 0 Å². The van der Waals surface area contributed by atoms with E-state index in [0.717, 1.165) is 17.6 Å².